The van der Waals surface area contributed by atoms with Gasteiger partial charge in [-0.3, -0.25) is 13.9 Å². The first kappa shape index (κ1) is 14.9. The van der Waals surface area contributed by atoms with Crippen LogP contribution in [0.1, 0.15) is 5.82 Å². The fourth-order valence-corrected chi connectivity index (χ4v) is 2.86. The third-order valence-corrected chi connectivity index (χ3v) is 4.38. The van der Waals surface area contributed by atoms with Gasteiger partial charge in [-0.1, -0.05) is 23.4 Å². The van der Waals surface area contributed by atoms with Crippen molar-refractivity contribution in [3.8, 4) is 0 Å². The van der Waals surface area contributed by atoms with Crippen LogP contribution in [0.15, 0.2) is 32.9 Å². The molecule has 114 valence electrons. The lowest BCUT2D eigenvalue weighted by Gasteiger charge is -2.00. The molecular formula is C13H12ClN5O2S. The lowest BCUT2D eigenvalue weighted by Crippen LogP contribution is -2.36. The Morgan fingerprint density at radius 1 is 1.27 bits per heavy atom. The van der Waals surface area contributed by atoms with E-state index < -0.39 is 5.69 Å². The van der Waals surface area contributed by atoms with Crippen LogP contribution in [0.25, 0.3) is 11.2 Å². The van der Waals surface area contributed by atoms with Gasteiger partial charge in [0.1, 0.15) is 11.3 Å². The van der Waals surface area contributed by atoms with Gasteiger partial charge in [0.2, 0.25) is 0 Å². The van der Waals surface area contributed by atoms with Gasteiger partial charge in [0.05, 0.1) is 15.8 Å². The number of fused-ring (bicyclic) bond motifs is 1. The topological polar surface area (TPSA) is 85.6 Å². The Kier molecular flexibility index (Phi) is 3.79. The van der Waals surface area contributed by atoms with E-state index in [0.29, 0.717) is 27.8 Å². The molecule has 0 aromatic carbocycles. The van der Waals surface area contributed by atoms with Crippen molar-refractivity contribution in [1.29, 1.82) is 0 Å². The molecule has 0 aliphatic rings. The Hall–Kier alpha value is -2.06. The van der Waals surface area contributed by atoms with Gasteiger partial charge in [0, 0.05) is 20.3 Å². The Labute approximate surface area is 134 Å². The van der Waals surface area contributed by atoms with Crippen LogP contribution in [0.3, 0.4) is 0 Å². The molecule has 0 fully saturated rings. The van der Waals surface area contributed by atoms with E-state index in [-0.39, 0.29) is 5.56 Å². The minimum Gasteiger partial charge on any atom is -0.335 e. The number of thioether (sulfide) groups is 1. The highest BCUT2D eigenvalue weighted by Gasteiger charge is 2.13. The summed E-state index contributed by atoms with van der Waals surface area (Å²) in [6.45, 7) is 0. The van der Waals surface area contributed by atoms with Gasteiger partial charge in [-0.25, -0.2) is 14.8 Å². The van der Waals surface area contributed by atoms with Crippen molar-refractivity contribution >= 4 is 34.5 Å². The summed E-state index contributed by atoms with van der Waals surface area (Å²) in [5, 5.41) is 1.37. The molecular weight excluding hydrogens is 326 g/mol. The number of halogens is 1. The highest BCUT2D eigenvalue weighted by atomic mass is 35.5. The van der Waals surface area contributed by atoms with Gasteiger partial charge in [-0.2, -0.15) is 0 Å². The molecule has 0 spiro atoms. The Bertz CT molecular complexity index is 957. The molecule has 0 saturated heterocycles. The van der Waals surface area contributed by atoms with Crippen molar-refractivity contribution in [2.45, 2.75) is 10.8 Å². The molecule has 3 aromatic heterocycles. The molecule has 0 amide bonds. The number of H-pyrrole nitrogens is 1. The molecule has 0 unspecified atom stereocenters. The maximum absolute atomic E-state index is 12.1. The second kappa shape index (κ2) is 5.62. The first-order valence-electron chi connectivity index (χ1n) is 6.36. The number of aromatic nitrogens is 5. The maximum atomic E-state index is 12.1. The molecule has 0 bridgehead atoms. The summed E-state index contributed by atoms with van der Waals surface area (Å²) in [4.78, 5) is 35.4. The predicted octanol–water partition coefficient (Wildman–Crippen LogP) is 1.30. The maximum Gasteiger partial charge on any atom is 0.332 e. The van der Waals surface area contributed by atoms with E-state index in [4.69, 9.17) is 11.6 Å². The number of nitrogens with one attached hydrogen (secondary N) is 1. The largest absolute Gasteiger partial charge is 0.335 e. The summed E-state index contributed by atoms with van der Waals surface area (Å²) < 4.78 is 2.40. The van der Waals surface area contributed by atoms with Crippen LogP contribution >= 0.6 is 23.4 Å². The van der Waals surface area contributed by atoms with Gasteiger partial charge < -0.3 is 4.98 Å². The second-order valence-electron chi connectivity index (χ2n) is 4.69. The van der Waals surface area contributed by atoms with Crippen LogP contribution in [-0.4, -0.2) is 24.1 Å². The van der Waals surface area contributed by atoms with E-state index in [1.54, 1.807) is 19.3 Å². The van der Waals surface area contributed by atoms with Crippen LogP contribution in [0, 0.1) is 0 Å². The number of hydrogen-bond donors (Lipinski definition) is 1. The fraction of sp³-hybridized carbons (Fsp3) is 0.231. The summed E-state index contributed by atoms with van der Waals surface area (Å²) in [6, 6.07) is 3.57. The van der Waals surface area contributed by atoms with Gasteiger partial charge >= 0.3 is 5.69 Å². The molecule has 0 aliphatic heterocycles. The van der Waals surface area contributed by atoms with Crippen molar-refractivity contribution in [2.75, 3.05) is 0 Å². The van der Waals surface area contributed by atoms with E-state index in [0.717, 1.165) is 9.59 Å². The van der Waals surface area contributed by atoms with Crippen molar-refractivity contribution in [3.63, 3.8) is 0 Å². The Balaban J connectivity index is 1.94. The van der Waals surface area contributed by atoms with E-state index in [9.17, 15) is 9.59 Å². The molecule has 0 atom stereocenters. The standard InChI is InChI=1S/C13H12ClN5O2S/c1-18-11-10(12(20)19(2)13(18)21)16-8(17-11)6-22-9-4-3-7(14)5-15-9/h3-5H,6H2,1-2H3,(H,16,17). The first-order chi connectivity index (χ1) is 10.5. The summed E-state index contributed by atoms with van der Waals surface area (Å²) in [6.07, 6.45) is 1.57. The van der Waals surface area contributed by atoms with Crippen LogP contribution in [0.5, 0.6) is 0 Å². The van der Waals surface area contributed by atoms with Crippen molar-refractivity contribution < 1.29 is 0 Å². The third-order valence-electron chi connectivity index (χ3n) is 3.20. The smallest absolute Gasteiger partial charge is 0.332 e. The average Bonchev–Trinajstić information content (AvgIpc) is 2.95. The van der Waals surface area contributed by atoms with Crippen LogP contribution < -0.4 is 11.2 Å². The minimum absolute atomic E-state index is 0.323. The van der Waals surface area contributed by atoms with Gasteiger partial charge in [0.25, 0.3) is 5.56 Å². The molecule has 0 radical (unpaired) electrons. The highest BCUT2D eigenvalue weighted by molar-refractivity contribution is 7.98. The zero-order valence-corrected chi connectivity index (χ0v) is 13.4. The summed E-state index contributed by atoms with van der Waals surface area (Å²) >= 11 is 7.24. The van der Waals surface area contributed by atoms with Gasteiger partial charge in [-0.05, 0) is 12.1 Å². The number of rotatable bonds is 3. The van der Waals surface area contributed by atoms with E-state index in [2.05, 4.69) is 15.0 Å². The van der Waals surface area contributed by atoms with E-state index in [1.807, 2.05) is 6.07 Å². The normalized spacial score (nSPS) is 11.2. The van der Waals surface area contributed by atoms with Crippen LogP contribution in [0.4, 0.5) is 0 Å². The van der Waals surface area contributed by atoms with Crippen molar-refractivity contribution in [1.82, 2.24) is 24.1 Å². The first-order valence-corrected chi connectivity index (χ1v) is 7.72. The molecule has 0 saturated carbocycles. The Morgan fingerprint density at radius 3 is 2.73 bits per heavy atom. The quantitative estimate of drug-likeness (QED) is 0.728. The molecule has 7 nitrogen and oxygen atoms in total. The molecule has 3 aromatic rings. The molecule has 22 heavy (non-hydrogen) atoms. The van der Waals surface area contributed by atoms with Gasteiger partial charge in [0.15, 0.2) is 5.65 Å². The molecule has 9 heteroatoms. The van der Waals surface area contributed by atoms with Crippen molar-refractivity contribution in [3.05, 3.63) is 50.0 Å². The molecule has 1 N–H and O–H groups in total. The summed E-state index contributed by atoms with van der Waals surface area (Å²) in [5.41, 5.74) is -0.105. The average molecular weight is 338 g/mol. The van der Waals surface area contributed by atoms with E-state index >= 15 is 0 Å². The third kappa shape index (κ3) is 2.55. The number of aryl methyl sites for hydroxylation is 1. The predicted molar refractivity (Wildman–Crippen MR) is 85.4 cm³/mol. The SMILES string of the molecule is Cn1c(=O)c2[nH]c(CSc3ccc(Cl)cn3)nc2n(C)c1=O. The highest BCUT2D eigenvalue weighted by Crippen LogP contribution is 2.21. The lowest BCUT2D eigenvalue weighted by atomic mass is 10.5. The number of pyridine rings is 1. The Morgan fingerprint density at radius 2 is 2.05 bits per heavy atom. The fourth-order valence-electron chi connectivity index (χ4n) is 2.03. The summed E-state index contributed by atoms with van der Waals surface area (Å²) in [5.74, 6) is 1.11. The minimum atomic E-state index is -0.400. The molecule has 3 rings (SSSR count). The van der Waals surface area contributed by atoms with Crippen molar-refractivity contribution in [2.24, 2.45) is 14.1 Å². The monoisotopic (exact) mass is 337 g/mol. The summed E-state index contributed by atoms with van der Waals surface area (Å²) in [7, 11) is 3.03. The molecule has 0 aliphatic carbocycles. The zero-order valence-electron chi connectivity index (χ0n) is 11.8. The number of aromatic amines is 1. The van der Waals surface area contributed by atoms with Crippen LogP contribution in [-0.2, 0) is 19.8 Å². The lowest BCUT2D eigenvalue weighted by molar-refractivity contribution is 0.708. The molecule has 3 heterocycles. The van der Waals surface area contributed by atoms with Crippen LogP contribution in [0.2, 0.25) is 5.02 Å². The number of hydrogen-bond acceptors (Lipinski definition) is 5. The second-order valence-corrected chi connectivity index (χ2v) is 6.12. The van der Waals surface area contributed by atoms with E-state index in [1.165, 1.54) is 23.4 Å². The number of imidazole rings is 1. The zero-order chi connectivity index (χ0) is 15.9. The number of nitrogens with zero attached hydrogens (tertiary/aromatic N) is 4. The van der Waals surface area contributed by atoms with Gasteiger partial charge in [-0.15, -0.1) is 0 Å².